The number of carbonyl (C=O) groups is 2. The molecule has 1 aliphatic rings. The molecule has 1 N–H and O–H groups in total. The van der Waals surface area contributed by atoms with Gasteiger partial charge in [-0.15, -0.1) is 0 Å². The minimum Gasteiger partial charge on any atom is -0.344 e. The molecule has 0 bridgehead atoms. The highest BCUT2D eigenvalue weighted by Gasteiger charge is 2.38. The summed E-state index contributed by atoms with van der Waals surface area (Å²) >= 11 is 1.39. The van der Waals surface area contributed by atoms with Crippen LogP contribution in [0.1, 0.15) is 37.3 Å². The molecule has 2 amide bonds. The lowest BCUT2D eigenvalue weighted by Crippen LogP contribution is -2.49. The highest BCUT2D eigenvalue weighted by Crippen LogP contribution is 2.41. The van der Waals surface area contributed by atoms with Crippen molar-refractivity contribution < 1.29 is 14.0 Å². The van der Waals surface area contributed by atoms with Crippen LogP contribution < -0.4 is 5.32 Å². The van der Waals surface area contributed by atoms with E-state index in [1.165, 1.54) is 35.8 Å². The lowest BCUT2D eigenvalue weighted by atomic mass is 10.0. The van der Waals surface area contributed by atoms with Crippen molar-refractivity contribution in [2.45, 2.75) is 32.2 Å². The summed E-state index contributed by atoms with van der Waals surface area (Å²) in [6, 6.07) is 15.0. The molecule has 2 atom stereocenters. The monoisotopic (exact) mass is 399 g/mol. The third kappa shape index (κ3) is 4.42. The van der Waals surface area contributed by atoms with Gasteiger partial charge in [-0.2, -0.15) is 5.10 Å². The van der Waals surface area contributed by atoms with Crippen LogP contribution in [0.15, 0.2) is 59.7 Å². The van der Waals surface area contributed by atoms with E-state index in [1.807, 2.05) is 44.2 Å². The zero-order chi connectivity index (χ0) is 20.3. The fourth-order valence-corrected chi connectivity index (χ4v) is 4.10. The first kappa shape index (κ1) is 20.1. The van der Waals surface area contributed by atoms with Gasteiger partial charge in [0.05, 0.1) is 0 Å². The summed E-state index contributed by atoms with van der Waals surface area (Å²) in [4.78, 5) is 24.9. The maximum Gasteiger partial charge on any atom is 0.266 e. The number of benzene rings is 2. The number of rotatable bonds is 5. The Balaban J connectivity index is 1.99. The van der Waals surface area contributed by atoms with E-state index in [4.69, 9.17) is 0 Å². The second-order valence-electron chi connectivity index (χ2n) is 6.90. The molecule has 1 heterocycles. The molecule has 0 fully saturated rings. The summed E-state index contributed by atoms with van der Waals surface area (Å²) < 4.78 is 13.7. The van der Waals surface area contributed by atoms with Crippen LogP contribution in [0.2, 0.25) is 0 Å². The molecule has 7 heteroatoms. The van der Waals surface area contributed by atoms with Crippen LogP contribution in [0.5, 0.6) is 0 Å². The normalized spacial score (nSPS) is 17.4. The Morgan fingerprint density at radius 1 is 1.14 bits per heavy atom. The summed E-state index contributed by atoms with van der Waals surface area (Å²) in [6.07, 6.45) is 0. The zero-order valence-corrected chi connectivity index (χ0v) is 16.7. The standard InChI is InChI=1S/C21H22FN3O2S/c1-13(2)18(23-14(3)26)20(27)25-21(15-8-5-4-6-9-15)28-19(24-25)16-10-7-11-17(22)12-16/h4-13,18,21H,1-3H3,(H,23,26)/t18-,21?/m0/s1. The predicted octanol–water partition coefficient (Wildman–Crippen LogP) is 3.92. The molecule has 0 saturated carbocycles. The van der Waals surface area contributed by atoms with Crippen molar-refractivity contribution in [2.75, 3.05) is 0 Å². The van der Waals surface area contributed by atoms with Gasteiger partial charge in [0, 0.05) is 12.5 Å². The average molecular weight is 399 g/mol. The number of hydrazone groups is 1. The van der Waals surface area contributed by atoms with Gasteiger partial charge >= 0.3 is 0 Å². The average Bonchev–Trinajstić information content (AvgIpc) is 3.11. The number of nitrogens with zero attached hydrogens (tertiary/aromatic N) is 2. The Morgan fingerprint density at radius 2 is 1.86 bits per heavy atom. The van der Waals surface area contributed by atoms with E-state index < -0.39 is 6.04 Å². The van der Waals surface area contributed by atoms with Crippen LogP contribution in [0.25, 0.3) is 0 Å². The smallest absolute Gasteiger partial charge is 0.266 e. The number of thioether (sulfide) groups is 1. The lowest BCUT2D eigenvalue weighted by molar-refractivity contribution is -0.137. The van der Waals surface area contributed by atoms with Gasteiger partial charge in [-0.3, -0.25) is 9.59 Å². The molecule has 0 aromatic heterocycles. The van der Waals surface area contributed by atoms with Gasteiger partial charge < -0.3 is 5.32 Å². The summed E-state index contributed by atoms with van der Waals surface area (Å²) in [5, 5.41) is 8.81. The van der Waals surface area contributed by atoms with Gasteiger partial charge in [-0.1, -0.05) is 68.1 Å². The van der Waals surface area contributed by atoms with E-state index in [9.17, 15) is 14.0 Å². The van der Waals surface area contributed by atoms with Crippen LogP contribution in [0.4, 0.5) is 4.39 Å². The fourth-order valence-electron chi connectivity index (χ4n) is 2.94. The number of carbonyl (C=O) groups excluding carboxylic acids is 2. The van der Waals surface area contributed by atoms with E-state index in [0.29, 0.717) is 10.6 Å². The molecular formula is C21H22FN3O2S. The van der Waals surface area contributed by atoms with Crippen molar-refractivity contribution in [1.29, 1.82) is 0 Å². The fraction of sp³-hybridized carbons (Fsp3) is 0.286. The zero-order valence-electron chi connectivity index (χ0n) is 15.9. The van der Waals surface area contributed by atoms with Gasteiger partial charge in [-0.25, -0.2) is 9.40 Å². The predicted molar refractivity (Wildman–Crippen MR) is 109 cm³/mol. The van der Waals surface area contributed by atoms with Crippen molar-refractivity contribution in [1.82, 2.24) is 10.3 Å². The third-order valence-electron chi connectivity index (χ3n) is 4.32. The SMILES string of the molecule is CC(=O)N[C@H](C(=O)N1N=C(c2cccc(F)c2)SC1c1ccccc1)C(C)C. The maximum absolute atomic E-state index is 13.7. The molecule has 5 nitrogen and oxygen atoms in total. The van der Waals surface area contributed by atoms with Gasteiger partial charge in [0.1, 0.15) is 22.3 Å². The molecule has 0 aliphatic carbocycles. The Labute approximate surface area is 168 Å². The van der Waals surface area contributed by atoms with Crippen LogP contribution in [-0.2, 0) is 9.59 Å². The van der Waals surface area contributed by atoms with Crippen molar-refractivity contribution in [3.8, 4) is 0 Å². The third-order valence-corrected chi connectivity index (χ3v) is 5.55. The minimum atomic E-state index is -0.695. The van der Waals surface area contributed by atoms with E-state index >= 15 is 0 Å². The molecule has 1 unspecified atom stereocenters. The second-order valence-corrected chi connectivity index (χ2v) is 7.97. The molecule has 0 saturated heterocycles. The summed E-state index contributed by atoms with van der Waals surface area (Å²) in [7, 11) is 0. The lowest BCUT2D eigenvalue weighted by Gasteiger charge is -2.28. The van der Waals surface area contributed by atoms with Crippen molar-refractivity contribution >= 4 is 28.6 Å². The number of hydrogen-bond acceptors (Lipinski definition) is 4. The first-order chi connectivity index (χ1) is 13.4. The van der Waals surface area contributed by atoms with Crippen LogP contribution in [0.3, 0.4) is 0 Å². The number of nitrogens with one attached hydrogen (secondary N) is 1. The van der Waals surface area contributed by atoms with E-state index in [-0.39, 0.29) is 28.9 Å². The van der Waals surface area contributed by atoms with E-state index in [0.717, 1.165) is 5.56 Å². The van der Waals surface area contributed by atoms with Gasteiger partial charge in [-0.05, 0) is 23.6 Å². The van der Waals surface area contributed by atoms with E-state index in [1.54, 1.807) is 12.1 Å². The molecule has 3 rings (SSSR count). The van der Waals surface area contributed by atoms with Crippen LogP contribution >= 0.6 is 11.8 Å². The second kappa shape index (κ2) is 8.56. The molecule has 1 aliphatic heterocycles. The topological polar surface area (TPSA) is 61.8 Å². The number of amides is 2. The molecule has 2 aromatic rings. The Morgan fingerprint density at radius 3 is 2.46 bits per heavy atom. The summed E-state index contributed by atoms with van der Waals surface area (Å²) in [6.45, 7) is 5.13. The highest BCUT2D eigenvalue weighted by atomic mass is 32.2. The quantitative estimate of drug-likeness (QED) is 0.829. The molecule has 0 radical (unpaired) electrons. The maximum atomic E-state index is 13.7. The van der Waals surface area contributed by atoms with Crippen LogP contribution in [-0.4, -0.2) is 27.9 Å². The Kier molecular flexibility index (Phi) is 6.14. The molecular weight excluding hydrogens is 377 g/mol. The first-order valence-corrected chi connectivity index (χ1v) is 9.91. The Hall–Kier alpha value is -2.67. The largest absolute Gasteiger partial charge is 0.344 e. The number of halogens is 1. The number of hydrogen-bond donors (Lipinski definition) is 1. The summed E-state index contributed by atoms with van der Waals surface area (Å²) in [5.41, 5.74) is 1.52. The van der Waals surface area contributed by atoms with Gasteiger partial charge in [0.2, 0.25) is 5.91 Å². The first-order valence-electron chi connectivity index (χ1n) is 9.03. The van der Waals surface area contributed by atoms with Gasteiger partial charge in [0.25, 0.3) is 5.91 Å². The van der Waals surface area contributed by atoms with Crippen molar-refractivity contribution in [3.63, 3.8) is 0 Å². The molecule has 2 aromatic carbocycles. The highest BCUT2D eigenvalue weighted by molar-refractivity contribution is 8.14. The van der Waals surface area contributed by atoms with Crippen LogP contribution in [0, 0.1) is 11.7 Å². The molecule has 0 spiro atoms. The van der Waals surface area contributed by atoms with E-state index in [2.05, 4.69) is 10.4 Å². The molecule has 28 heavy (non-hydrogen) atoms. The Bertz CT molecular complexity index is 902. The molecule has 146 valence electrons. The minimum absolute atomic E-state index is 0.105. The van der Waals surface area contributed by atoms with Gasteiger partial charge in [0.15, 0.2) is 0 Å². The summed E-state index contributed by atoms with van der Waals surface area (Å²) in [5.74, 6) is -1.03. The van der Waals surface area contributed by atoms with Crippen molar-refractivity contribution in [3.05, 3.63) is 71.5 Å². The van der Waals surface area contributed by atoms with Crippen molar-refractivity contribution in [2.24, 2.45) is 11.0 Å².